The molecule has 3 rings (SSSR count). The van der Waals surface area contributed by atoms with Crippen molar-refractivity contribution in [2.75, 3.05) is 10.6 Å². The number of carbonyl (C=O) groups is 1. The molecule has 1 heterocycles. The maximum absolute atomic E-state index is 12.0. The number of amides is 1. The molecule has 3 nitrogen and oxygen atoms in total. The molecule has 0 saturated heterocycles. The third kappa shape index (κ3) is 2.27. The van der Waals surface area contributed by atoms with Crippen LogP contribution in [0.5, 0.6) is 0 Å². The molecule has 0 spiro atoms. The van der Waals surface area contributed by atoms with Gasteiger partial charge < -0.3 is 10.6 Å². The predicted molar refractivity (Wildman–Crippen MR) is 77.9 cm³/mol. The number of anilines is 2. The van der Waals surface area contributed by atoms with Crippen molar-refractivity contribution in [2.24, 2.45) is 0 Å². The first kappa shape index (κ1) is 12.3. The lowest BCUT2D eigenvalue weighted by Crippen LogP contribution is -2.19. The second-order valence-corrected chi connectivity index (χ2v) is 5.12. The molecule has 0 saturated carbocycles. The first-order chi connectivity index (χ1) is 9.15. The summed E-state index contributed by atoms with van der Waals surface area (Å²) in [5, 5.41) is 7.12. The molecule has 0 aromatic heterocycles. The second kappa shape index (κ2) is 4.76. The van der Waals surface area contributed by atoms with Crippen LogP contribution in [0.1, 0.15) is 11.6 Å². The van der Waals surface area contributed by atoms with Gasteiger partial charge in [0.25, 0.3) is 5.91 Å². The summed E-state index contributed by atoms with van der Waals surface area (Å²) in [5.41, 5.74) is 2.33. The molecule has 2 aromatic rings. The van der Waals surface area contributed by atoms with Crippen molar-refractivity contribution in [3.8, 4) is 0 Å². The van der Waals surface area contributed by atoms with E-state index in [1.807, 2.05) is 18.2 Å². The van der Waals surface area contributed by atoms with E-state index in [0.717, 1.165) is 16.9 Å². The van der Waals surface area contributed by atoms with Crippen molar-refractivity contribution in [2.45, 2.75) is 6.04 Å². The van der Waals surface area contributed by atoms with Crippen molar-refractivity contribution in [1.82, 2.24) is 0 Å². The minimum Gasteiger partial charge on any atom is -0.369 e. The van der Waals surface area contributed by atoms with Crippen LogP contribution >= 0.6 is 23.2 Å². The molecule has 0 fully saturated rings. The smallest absolute Gasteiger partial charge is 0.251 e. The van der Waals surface area contributed by atoms with Crippen LogP contribution in [0.2, 0.25) is 10.0 Å². The van der Waals surface area contributed by atoms with Crippen molar-refractivity contribution >= 4 is 40.5 Å². The number of para-hydroxylation sites is 1. The molecule has 2 aromatic carbocycles. The third-order valence-electron chi connectivity index (χ3n) is 3.02. The lowest BCUT2D eigenvalue weighted by Gasteiger charge is -2.14. The molecule has 0 aliphatic carbocycles. The number of hydrogen-bond donors (Lipinski definition) is 2. The van der Waals surface area contributed by atoms with Crippen molar-refractivity contribution in [3.05, 3.63) is 58.1 Å². The van der Waals surface area contributed by atoms with E-state index in [0.29, 0.717) is 10.0 Å². The van der Waals surface area contributed by atoms with Crippen LogP contribution in [-0.4, -0.2) is 5.91 Å². The van der Waals surface area contributed by atoms with E-state index in [-0.39, 0.29) is 5.91 Å². The second-order valence-electron chi connectivity index (χ2n) is 4.28. The number of carbonyl (C=O) groups excluding carboxylic acids is 1. The Labute approximate surface area is 120 Å². The Morgan fingerprint density at radius 2 is 1.89 bits per heavy atom. The van der Waals surface area contributed by atoms with E-state index in [4.69, 9.17) is 23.2 Å². The fourth-order valence-corrected chi connectivity index (χ4v) is 2.48. The van der Waals surface area contributed by atoms with Crippen LogP contribution in [-0.2, 0) is 4.79 Å². The summed E-state index contributed by atoms with van der Waals surface area (Å²) in [4.78, 5) is 12.0. The fourth-order valence-electron chi connectivity index (χ4n) is 2.11. The summed E-state index contributed by atoms with van der Waals surface area (Å²) in [5.74, 6) is -0.114. The van der Waals surface area contributed by atoms with Crippen molar-refractivity contribution in [1.29, 1.82) is 0 Å². The lowest BCUT2D eigenvalue weighted by atomic mass is 10.1. The molecule has 2 N–H and O–H groups in total. The van der Waals surface area contributed by atoms with Crippen LogP contribution in [0, 0.1) is 0 Å². The molecule has 1 unspecified atom stereocenters. The molecule has 1 atom stereocenters. The Balaban J connectivity index is 1.97. The SMILES string of the molecule is O=C1Nc2ccc(Cl)cc2C1Nc1ccccc1Cl. The average Bonchev–Trinajstić information content (AvgIpc) is 2.69. The zero-order valence-electron chi connectivity index (χ0n) is 9.78. The highest BCUT2D eigenvalue weighted by Crippen LogP contribution is 2.36. The highest BCUT2D eigenvalue weighted by atomic mass is 35.5. The molecule has 0 radical (unpaired) electrons. The zero-order chi connectivity index (χ0) is 13.4. The molecular formula is C14H10Cl2N2O. The van der Waals surface area contributed by atoms with Gasteiger partial charge in [-0.15, -0.1) is 0 Å². The Morgan fingerprint density at radius 1 is 1.11 bits per heavy atom. The summed E-state index contributed by atoms with van der Waals surface area (Å²) in [6, 6.07) is 12.2. The fraction of sp³-hybridized carbons (Fsp3) is 0.0714. The molecular weight excluding hydrogens is 283 g/mol. The zero-order valence-corrected chi connectivity index (χ0v) is 11.3. The third-order valence-corrected chi connectivity index (χ3v) is 3.58. The van der Waals surface area contributed by atoms with Gasteiger partial charge in [-0.25, -0.2) is 0 Å². The van der Waals surface area contributed by atoms with Gasteiger partial charge in [-0.2, -0.15) is 0 Å². The van der Waals surface area contributed by atoms with Crippen molar-refractivity contribution in [3.63, 3.8) is 0 Å². The van der Waals surface area contributed by atoms with E-state index in [1.165, 1.54) is 0 Å². The van der Waals surface area contributed by atoms with E-state index < -0.39 is 6.04 Å². The topological polar surface area (TPSA) is 41.1 Å². The molecule has 1 amide bonds. The van der Waals surface area contributed by atoms with Crippen molar-refractivity contribution < 1.29 is 4.79 Å². The molecule has 1 aliphatic rings. The van der Waals surface area contributed by atoms with Gasteiger partial charge in [-0.3, -0.25) is 4.79 Å². The van der Waals surface area contributed by atoms with Gasteiger partial charge in [0.1, 0.15) is 6.04 Å². The molecule has 0 bridgehead atoms. The lowest BCUT2D eigenvalue weighted by molar-refractivity contribution is -0.116. The monoisotopic (exact) mass is 292 g/mol. The normalized spacial score (nSPS) is 16.9. The Hall–Kier alpha value is -1.71. The first-order valence-electron chi connectivity index (χ1n) is 5.76. The van der Waals surface area contributed by atoms with Gasteiger partial charge in [0.2, 0.25) is 0 Å². The molecule has 96 valence electrons. The molecule has 1 aliphatic heterocycles. The van der Waals surface area contributed by atoms with Gasteiger partial charge in [0.05, 0.1) is 10.7 Å². The van der Waals surface area contributed by atoms with Gasteiger partial charge in [-0.05, 0) is 30.3 Å². The van der Waals surface area contributed by atoms with E-state index in [9.17, 15) is 4.79 Å². The number of rotatable bonds is 2. The standard InChI is InChI=1S/C14H10Cl2N2O/c15-8-5-6-11-9(7-8)13(14(19)18-11)17-12-4-2-1-3-10(12)16/h1-7,13,17H,(H,18,19). The average molecular weight is 293 g/mol. The molecule has 5 heteroatoms. The summed E-state index contributed by atoms with van der Waals surface area (Å²) in [6.07, 6.45) is 0. The number of halogens is 2. The van der Waals surface area contributed by atoms with Crippen LogP contribution in [0.3, 0.4) is 0 Å². The van der Waals surface area contributed by atoms with Crippen LogP contribution < -0.4 is 10.6 Å². The minimum absolute atomic E-state index is 0.114. The van der Waals surface area contributed by atoms with Gasteiger partial charge >= 0.3 is 0 Å². The summed E-state index contributed by atoms with van der Waals surface area (Å²) in [7, 11) is 0. The van der Waals surface area contributed by atoms with Crippen LogP contribution in [0.4, 0.5) is 11.4 Å². The number of nitrogens with one attached hydrogen (secondary N) is 2. The maximum Gasteiger partial charge on any atom is 0.251 e. The number of benzene rings is 2. The quantitative estimate of drug-likeness (QED) is 0.875. The Bertz CT molecular complexity index is 658. The number of fused-ring (bicyclic) bond motifs is 1. The number of hydrogen-bond acceptors (Lipinski definition) is 2. The largest absolute Gasteiger partial charge is 0.369 e. The van der Waals surface area contributed by atoms with Gasteiger partial charge in [-0.1, -0.05) is 35.3 Å². The van der Waals surface area contributed by atoms with E-state index >= 15 is 0 Å². The Kier molecular flexibility index (Phi) is 3.09. The van der Waals surface area contributed by atoms with Crippen LogP contribution in [0.15, 0.2) is 42.5 Å². The van der Waals surface area contributed by atoms with Crippen LogP contribution in [0.25, 0.3) is 0 Å². The summed E-state index contributed by atoms with van der Waals surface area (Å²) >= 11 is 12.1. The minimum atomic E-state index is -0.478. The Morgan fingerprint density at radius 3 is 2.68 bits per heavy atom. The van der Waals surface area contributed by atoms with E-state index in [1.54, 1.807) is 24.3 Å². The molecule has 19 heavy (non-hydrogen) atoms. The first-order valence-corrected chi connectivity index (χ1v) is 6.52. The summed E-state index contributed by atoms with van der Waals surface area (Å²) < 4.78 is 0. The predicted octanol–water partition coefficient (Wildman–Crippen LogP) is 4.10. The van der Waals surface area contributed by atoms with E-state index in [2.05, 4.69) is 10.6 Å². The van der Waals surface area contributed by atoms with Gasteiger partial charge in [0, 0.05) is 16.3 Å². The highest BCUT2D eigenvalue weighted by Gasteiger charge is 2.30. The maximum atomic E-state index is 12.0. The van der Waals surface area contributed by atoms with Gasteiger partial charge in [0.15, 0.2) is 0 Å². The highest BCUT2D eigenvalue weighted by molar-refractivity contribution is 6.33. The summed E-state index contributed by atoms with van der Waals surface area (Å²) in [6.45, 7) is 0.